The number of benzene rings is 1. The first-order valence-electron chi connectivity index (χ1n) is 12.2. The molecule has 36 heavy (non-hydrogen) atoms. The van der Waals surface area contributed by atoms with Crippen LogP contribution in [0.3, 0.4) is 0 Å². The summed E-state index contributed by atoms with van der Waals surface area (Å²) in [5, 5.41) is 6.53. The molecule has 3 aromatic rings. The smallest absolute Gasteiger partial charge is 0.410 e. The second-order valence-electron chi connectivity index (χ2n) is 10.2. The predicted molar refractivity (Wildman–Crippen MR) is 140 cm³/mol. The van der Waals surface area contributed by atoms with Crippen molar-refractivity contribution in [3.05, 3.63) is 47.4 Å². The minimum Gasteiger partial charge on any atom is -0.444 e. The van der Waals surface area contributed by atoms with Crippen molar-refractivity contribution in [3.63, 3.8) is 0 Å². The monoisotopic (exact) mass is 510 g/mol. The van der Waals surface area contributed by atoms with E-state index in [4.69, 9.17) is 31.2 Å². The fourth-order valence-corrected chi connectivity index (χ4v) is 4.86. The van der Waals surface area contributed by atoms with E-state index in [0.717, 1.165) is 34.6 Å². The molecule has 2 aliphatic rings. The number of amides is 1. The number of fused-ring (bicyclic) bond motifs is 1. The van der Waals surface area contributed by atoms with Gasteiger partial charge < -0.3 is 19.3 Å². The lowest BCUT2D eigenvalue weighted by Gasteiger charge is -2.41. The summed E-state index contributed by atoms with van der Waals surface area (Å²) < 4.78 is 13.0. The number of halogens is 1. The first kappa shape index (κ1) is 24.5. The van der Waals surface area contributed by atoms with Gasteiger partial charge in [0, 0.05) is 30.7 Å². The zero-order valence-electron chi connectivity index (χ0n) is 21.1. The van der Waals surface area contributed by atoms with Crippen molar-refractivity contribution < 1.29 is 14.3 Å². The van der Waals surface area contributed by atoms with Crippen molar-refractivity contribution in [1.29, 1.82) is 0 Å². The summed E-state index contributed by atoms with van der Waals surface area (Å²) in [7, 11) is 0. The van der Waals surface area contributed by atoms with E-state index in [1.807, 2.05) is 49.7 Å². The van der Waals surface area contributed by atoms with Gasteiger partial charge in [0.15, 0.2) is 5.65 Å². The number of hydrogen-bond acceptors (Lipinski definition) is 7. The highest BCUT2D eigenvalue weighted by Crippen LogP contribution is 2.35. The van der Waals surface area contributed by atoms with Gasteiger partial charge in [-0.2, -0.15) is 5.10 Å². The molecule has 0 radical (unpaired) electrons. The fourth-order valence-electron chi connectivity index (χ4n) is 4.67. The maximum absolute atomic E-state index is 12.7. The van der Waals surface area contributed by atoms with Crippen LogP contribution in [0.25, 0.3) is 22.3 Å². The topological polar surface area (TPSA) is 85.6 Å². The van der Waals surface area contributed by atoms with Crippen molar-refractivity contribution in [2.75, 3.05) is 37.7 Å². The Labute approximate surface area is 215 Å². The molecule has 10 heteroatoms. The number of carbonyl (C=O) groups excluding carboxylic acids is 1. The lowest BCUT2D eigenvalue weighted by molar-refractivity contribution is 0.0218. The Hall–Kier alpha value is -3.17. The Bertz CT molecular complexity index is 1310. The summed E-state index contributed by atoms with van der Waals surface area (Å²) in [5.74, 6) is 0.812. The molecule has 9 nitrogen and oxygen atoms in total. The van der Waals surface area contributed by atoms with Gasteiger partial charge in [0.1, 0.15) is 23.4 Å². The second kappa shape index (κ2) is 9.71. The van der Waals surface area contributed by atoms with E-state index in [2.05, 4.69) is 22.9 Å². The van der Waals surface area contributed by atoms with Gasteiger partial charge in [-0.15, -0.1) is 0 Å². The molecule has 0 aliphatic carbocycles. The number of hydrogen-bond donors (Lipinski definition) is 0. The summed E-state index contributed by atoms with van der Waals surface area (Å²) in [5.41, 5.74) is 2.98. The van der Waals surface area contributed by atoms with Crippen LogP contribution in [0.4, 0.5) is 10.6 Å². The molecular formula is C26H31ClN6O3. The molecule has 1 saturated heterocycles. The minimum absolute atomic E-state index is 0.0235. The van der Waals surface area contributed by atoms with Gasteiger partial charge >= 0.3 is 6.09 Å². The third kappa shape index (κ3) is 4.90. The Morgan fingerprint density at radius 1 is 1.22 bits per heavy atom. The summed E-state index contributed by atoms with van der Waals surface area (Å²) in [6.07, 6.45) is 4.13. The maximum Gasteiger partial charge on any atom is 0.410 e. The Morgan fingerprint density at radius 3 is 2.75 bits per heavy atom. The zero-order valence-corrected chi connectivity index (χ0v) is 21.8. The van der Waals surface area contributed by atoms with Crippen LogP contribution in [0.5, 0.6) is 0 Å². The van der Waals surface area contributed by atoms with Gasteiger partial charge in [-0.3, -0.25) is 0 Å². The molecule has 4 heterocycles. The Morgan fingerprint density at radius 2 is 2.06 bits per heavy atom. The number of carbonyl (C=O) groups is 1. The zero-order chi connectivity index (χ0) is 25.4. The van der Waals surface area contributed by atoms with Crippen LogP contribution in [0.15, 0.2) is 36.7 Å². The average molecular weight is 511 g/mol. The summed E-state index contributed by atoms with van der Waals surface area (Å²) in [4.78, 5) is 26.1. The Balaban J connectivity index is 1.56. The third-order valence-electron chi connectivity index (χ3n) is 6.32. The van der Waals surface area contributed by atoms with E-state index < -0.39 is 5.60 Å². The predicted octanol–water partition coefficient (Wildman–Crippen LogP) is 4.72. The van der Waals surface area contributed by atoms with Crippen molar-refractivity contribution in [2.24, 2.45) is 0 Å². The van der Waals surface area contributed by atoms with Crippen LogP contribution in [0, 0.1) is 0 Å². The number of aromatic nitrogens is 4. The number of ether oxygens (including phenoxy) is 2. The molecule has 0 saturated carbocycles. The second-order valence-corrected chi connectivity index (χ2v) is 10.6. The average Bonchev–Trinajstić information content (AvgIpc) is 3.24. The lowest BCUT2D eigenvalue weighted by atomic mass is 10.0. The van der Waals surface area contributed by atoms with Gasteiger partial charge in [0.05, 0.1) is 24.3 Å². The molecule has 2 aliphatic heterocycles. The number of anilines is 1. The van der Waals surface area contributed by atoms with E-state index in [1.54, 1.807) is 11.2 Å². The molecule has 0 N–H and O–H groups in total. The first-order valence-corrected chi connectivity index (χ1v) is 12.6. The van der Waals surface area contributed by atoms with Crippen LogP contribution < -0.4 is 4.90 Å². The molecule has 1 amide bonds. The maximum atomic E-state index is 12.7. The van der Waals surface area contributed by atoms with E-state index in [1.165, 1.54) is 0 Å². The highest BCUT2D eigenvalue weighted by atomic mass is 35.5. The highest BCUT2D eigenvalue weighted by Gasteiger charge is 2.33. The van der Waals surface area contributed by atoms with Gasteiger partial charge in [0.25, 0.3) is 0 Å². The summed E-state index contributed by atoms with van der Waals surface area (Å²) in [6.45, 7) is 10.6. The van der Waals surface area contributed by atoms with Crippen LogP contribution >= 0.6 is 11.6 Å². The SMILES string of the molecule is CC1CN(C(=O)OC(C)(C)C)CCN1c1ncnc2c1c(C1=CCOCC1)nn2-c1cccc(Cl)c1. The van der Waals surface area contributed by atoms with Crippen LogP contribution in [-0.2, 0) is 9.47 Å². The molecule has 1 atom stereocenters. The normalized spacial score (nSPS) is 18.9. The van der Waals surface area contributed by atoms with E-state index in [-0.39, 0.29) is 12.1 Å². The van der Waals surface area contributed by atoms with Crippen molar-refractivity contribution >= 4 is 40.1 Å². The van der Waals surface area contributed by atoms with E-state index in [9.17, 15) is 4.79 Å². The fraction of sp³-hybridized carbons (Fsp3) is 0.462. The van der Waals surface area contributed by atoms with E-state index in [0.29, 0.717) is 43.5 Å². The largest absolute Gasteiger partial charge is 0.444 e. The molecule has 1 aromatic carbocycles. The summed E-state index contributed by atoms with van der Waals surface area (Å²) in [6, 6.07) is 7.60. The standard InChI is InChI=1S/C26H31ClN6O3/c1-17-15-31(25(34)36-26(2,3)4)10-11-32(17)23-21-22(18-8-12-35-13-9-18)30-33(24(21)29-16-28-23)20-7-5-6-19(27)14-20/h5-8,14,16-17H,9-13,15H2,1-4H3. The lowest BCUT2D eigenvalue weighted by Crippen LogP contribution is -2.54. The van der Waals surface area contributed by atoms with E-state index >= 15 is 0 Å². The van der Waals surface area contributed by atoms with Crippen LogP contribution in [0.1, 0.15) is 39.8 Å². The molecule has 5 rings (SSSR count). The molecule has 0 bridgehead atoms. The Kier molecular flexibility index (Phi) is 6.61. The number of piperazine rings is 1. The molecule has 2 aromatic heterocycles. The molecular weight excluding hydrogens is 480 g/mol. The molecule has 190 valence electrons. The highest BCUT2D eigenvalue weighted by molar-refractivity contribution is 6.30. The molecule has 0 spiro atoms. The van der Waals surface area contributed by atoms with Crippen molar-refractivity contribution in [3.8, 4) is 5.69 Å². The van der Waals surface area contributed by atoms with Crippen LogP contribution in [-0.4, -0.2) is 75.2 Å². The van der Waals surface area contributed by atoms with Gasteiger partial charge in [-0.25, -0.2) is 19.4 Å². The van der Waals surface area contributed by atoms with Gasteiger partial charge in [0.2, 0.25) is 0 Å². The van der Waals surface area contributed by atoms with Gasteiger partial charge in [-0.1, -0.05) is 23.7 Å². The molecule has 1 fully saturated rings. The van der Waals surface area contributed by atoms with Crippen LogP contribution in [0.2, 0.25) is 5.02 Å². The minimum atomic E-state index is -0.530. The molecule has 1 unspecified atom stereocenters. The van der Waals surface area contributed by atoms with Gasteiger partial charge in [-0.05, 0) is 57.9 Å². The quantitative estimate of drug-likeness (QED) is 0.504. The van der Waals surface area contributed by atoms with Crippen molar-refractivity contribution in [2.45, 2.75) is 45.8 Å². The number of nitrogens with zero attached hydrogens (tertiary/aromatic N) is 6. The summed E-state index contributed by atoms with van der Waals surface area (Å²) >= 11 is 6.30. The first-order chi connectivity index (χ1) is 17.2. The third-order valence-corrected chi connectivity index (χ3v) is 6.55. The van der Waals surface area contributed by atoms with Crippen molar-refractivity contribution in [1.82, 2.24) is 24.6 Å². The number of rotatable bonds is 3.